The summed E-state index contributed by atoms with van der Waals surface area (Å²) >= 11 is 0. The fourth-order valence-corrected chi connectivity index (χ4v) is 1.64. The number of hydrogen-bond donors (Lipinski definition) is 2. The lowest BCUT2D eigenvalue weighted by Crippen LogP contribution is -2.09. The fraction of sp³-hybridized carbons (Fsp3) is 0.462. The molecule has 2 aromatic heterocycles. The topological polar surface area (TPSA) is 75.9 Å². The first kappa shape index (κ1) is 13.3. The summed E-state index contributed by atoms with van der Waals surface area (Å²) in [6.07, 6.45) is 4.30. The minimum Gasteiger partial charge on any atom is -0.444 e. The SMILES string of the molecule is CCCNc1cc(NC(C)c2ncc(C)o2)ncn1. The van der Waals surface area contributed by atoms with Gasteiger partial charge in [0.1, 0.15) is 29.8 Å². The predicted octanol–water partition coefficient (Wildman–Crippen LogP) is 2.77. The molecule has 0 saturated carbocycles. The van der Waals surface area contributed by atoms with Crippen molar-refractivity contribution in [3.63, 3.8) is 0 Å². The first-order valence-corrected chi connectivity index (χ1v) is 6.44. The maximum Gasteiger partial charge on any atom is 0.216 e. The molecule has 0 spiro atoms. The van der Waals surface area contributed by atoms with E-state index in [1.54, 1.807) is 6.20 Å². The zero-order valence-electron chi connectivity index (χ0n) is 11.5. The van der Waals surface area contributed by atoms with E-state index in [-0.39, 0.29) is 6.04 Å². The van der Waals surface area contributed by atoms with Crippen molar-refractivity contribution in [2.45, 2.75) is 33.2 Å². The maximum absolute atomic E-state index is 5.48. The van der Waals surface area contributed by atoms with E-state index < -0.39 is 0 Å². The lowest BCUT2D eigenvalue weighted by molar-refractivity contribution is 0.453. The Morgan fingerprint density at radius 2 is 2.05 bits per heavy atom. The summed E-state index contributed by atoms with van der Waals surface area (Å²) < 4.78 is 5.48. The smallest absolute Gasteiger partial charge is 0.216 e. The van der Waals surface area contributed by atoms with Crippen LogP contribution in [-0.2, 0) is 0 Å². The molecule has 2 N–H and O–H groups in total. The van der Waals surface area contributed by atoms with Crippen LogP contribution in [0.1, 0.15) is 38.0 Å². The van der Waals surface area contributed by atoms with Crippen molar-refractivity contribution < 1.29 is 4.42 Å². The van der Waals surface area contributed by atoms with E-state index in [2.05, 4.69) is 32.5 Å². The molecule has 0 saturated heterocycles. The van der Waals surface area contributed by atoms with Crippen molar-refractivity contribution >= 4 is 11.6 Å². The van der Waals surface area contributed by atoms with Crippen molar-refractivity contribution in [3.05, 3.63) is 30.2 Å². The molecule has 0 aromatic carbocycles. The van der Waals surface area contributed by atoms with E-state index in [0.717, 1.165) is 30.4 Å². The number of aromatic nitrogens is 3. The Morgan fingerprint density at radius 3 is 2.74 bits per heavy atom. The first-order valence-electron chi connectivity index (χ1n) is 6.44. The molecular weight excluding hydrogens is 242 g/mol. The summed E-state index contributed by atoms with van der Waals surface area (Å²) in [4.78, 5) is 12.5. The fourth-order valence-electron chi connectivity index (χ4n) is 1.64. The minimum atomic E-state index is -0.0392. The van der Waals surface area contributed by atoms with Gasteiger partial charge in [-0.1, -0.05) is 6.92 Å². The van der Waals surface area contributed by atoms with Gasteiger partial charge in [0, 0.05) is 12.6 Å². The molecule has 0 amide bonds. The Balaban J connectivity index is 2.02. The van der Waals surface area contributed by atoms with Crippen molar-refractivity contribution in [1.29, 1.82) is 0 Å². The van der Waals surface area contributed by atoms with Gasteiger partial charge in [0.05, 0.1) is 6.20 Å². The highest BCUT2D eigenvalue weighted by atomic mass is 16.4. The number of oxazole rings is 1. The zero-order chi connectivity index (χ0) is 13.7. The van der Waals surface area contributed by atoms with Crippen LogP contribution in [0.3, 0.4) is 0 Å². The summed E-state index contributed by atoms with van der Waals surface area (Å²) in [6.45, 7) is 6.86. The van der Waals surface area contributed by atoms with Gasteiger partial charge >= 0.3 is 0 Å². The molecule has 1 unspecified atom stereocenters. The third-order valence-corrected chi connectivity index (χ3v) is 2.60. The van der Waals surface area contributed by atoms with Gasteiger partial charge in [-0.15, -0.1) is 0 Å². The van der Waals surface area contributed by atoms with E-state index in [1.165, 1.54) is 6.33 Å². The maximum atomic E-state index is 5.48. The molecule has 0 aliphatic carbocycles. The van der Waals surface area contributed by atoms with Crippen molar-refractivity contribution in [2.24, 2.45) is 0 Å². The Morgan fingerprint density at radius 1 is 1.26 bits per heavy atom. The van der Waals surface area contributed by atoms with E-state index in [0.29, 0.717) is 5.89 Å². The molecular formula is C13H19N5O. The van der Waals surface area contributed by atoms with Crippen LogP contribution in [-0.4, -0.2) is 21.5 Å². The van der Waals surface area contributed by atoms with E-state index >= 15 is 0 Å². The van der Waals surface area contributed by atoms with Crippen LogP contribution in [0, 0.1) is 6.92 Å². The van der Waals surface area contributed by atoms with E-state index in [1.807, 2.05) is 19.9 Å². The number of nitrogens with one attached hydrogen (secondary N) is 2. The monoisotopic (exact) mass is 261 g/mol. The first-order chi connectivity index (χ1) is 9.19. The van der Waals surface area contributed by atoms with Gasteiger partial charge < -0.3 is 15.1 Å². The Kier molecular flexibility index (Phi) is 4.33. The van der Waals surface area contributed by atoms with Crippen molar-refractivity contribution in [1.82, 2.24) is 15.0 Å². The highest BCUT2D eigenvalue weighted by Crippen LogP contribution is 2.18. The van der Waals surface area contributed by atoms with Crippen LogP contribution in [0.2, 0.25) is 0 Å². The Labute approximate surface area is 112 Å². The molecule has 6 nitrogen and oxygen atoms in total. The quantitative estimate of drug-likeness (QED) is 0.832. The zero-order valence-corrected chi connectivity index (χ0v) is 11.5. The predicted molar refractivity (Wildman–Crippen MR) is 74.1 cm³/mol. The minimum absolute atomic E-state index is 0.0392. The second kappa shape index (κ2) is 6.17. The lowest BCUT2D eigenvalue weighted by Gasteiger charge is -2.12. The van der Waals surface area contributed by atoms with Crippen LogP contribution in [0.15, 0.2) is 23.0 Å². The average molecular weight is 261 g/mol. The summed E-state index contributed by atoms with van der Waals surface area (Å²) in [5, 5.41) is 6.46. The lowest BCUT2D eigenvalue weighted by atomic mass is 10.3. The molecule has 2 rings (SSSR count). The molecule has 0 fully saturated rings. The van der Waals surface area contributed by atoms with Gasteiger partial charge in [0.15, 0.2) is 0 Å². The van der Waals surface area contributed by atoms with Gasteiger partial charge in [0.25, 0.3) is 0 Å². The van der Waals surface area contributed by atoms with Gasteiger partial charge in [-0.05, 0) is 20.3 Å². The van der Waals surface area contributed by atoms with Crippen LogP contribution < -0.4 is 10.6 Å². The Bertz CT molecular complexity index is 525. The van der Waals surface area contributed by atoms with Crippen LogP contribution in [0.5, 0.6) is 0 Å². The number of anilines is 2. The molecule has 19 heavy (non-hydrogen) atoms. The van der Waals surface area contributed by atoms with Crippen LogP contribution in [0.25, 0.3) is 0 Å². The molecule has 0 aliphatic rings. The largest absolute Gasteiger partial charge is 0.444 e. The molecule has 102 valence electrons. The molecule has 0 aliphatic heterocycles. The number of nitrogens with zero attached hydrogens (tertiary/aromatic N) is 3. The molecule has 6 heteroatoms. The third-order valence-electron chi connectivity index (χ3n) is 2.60. The number of aryl methyl sites for hydroxylation is 1. The highest BCUT2D eigenvalue weighted by Gasteiger charge is 2.11. The normalized spacial score (nSPS) is 12.2. The molecule has 2 heterocycles. The number of hydrogen-bond acceptors (Lipinski definition) is 6. The summed E-state index contributed by atoms with van der Waals surface area (Å²) in [5.74, 6) is 3.02. The van der Waals surface area contributed by atoms with Gasteiger partial charge in [-0.3, -0.25) is 0 Å². The standard InChI is InChI=1S/C13H19N5O/c1-4-5-14-11-6-12(17-8-16-11)18-10(3)13-15-7-9(2)19-13/h6-8,10H,4-5H2,1-3H3,(H2,14,16,17,18). The number of rotatable bonds is 6. The third kappa shape index (κ3) is 3.67. The summed E-state index contributed by atoms with van der Waals surface area (Å²) in [6, 6.07) is 1.84. The van der Waals surface area contributed by atoms with E-state index in [4.69, 9.17) is 4.42 Å². The van der Waals surface area contributed by atoms with Crippen molar-refractivity contribution in [2.75, 3.05) is 17.2 Å². The summed E-state index contributed by atoms with van der Waals surface area (Å²) in [7, 11) is 0. The summed E-state index contributed by atoms with van der Waals surface area (Å²) in [5.41, 5.74) is 0. The van der Waals surface area contributed by atoms with Gasteiger partial charge in [-0.25, -0.2) is 15.0 Å². The van der Waals surface area contributed by atoms with E-state index in [9.17, 15) is 0 Å². The Hall–Kier alpha value is -2.11. The van der Waals surface area contributed by atoms with Crippen LogP contribution >= 0.6 is 0 Å². The second-order valence-corrected chi connectivity index (χ2v) is 4.39. The van der Waals surface area contributed by atoms with Crippen LogP contribution in [0.4, 0.5) is 11.6 Å². The molecule has 0 bridgehead atoms. The molecule has 2 aromatic rings. The highest BCUT2D eigenvalue weighted by molar-refractivity contribution is 5.47. The van der Waals surface area contributed by atoms with Gasteiger partial charge in [-0.2, -0.15) is 0 Å². The molecule has 0 radical (unpaired) electrons. The average Bonchev–Trinajstić information content (AvgIpc) is 2.83. The molecule has 1 atom stereocenters. The second-order valence-electron chi connectivity index (χ2n) is 4.39. The van der Waals surface area contributed by atoms with Crippen molar-refractivity contribution in [3.8, 4) is 0 Å². The van der Waals surface area contributed by atoms with Gasteiger partial charge in [0.2, 0.25) is 5.89 Å².